The Morgan fingerprint density at radius 1 is 1.33 bits per heavy atom. The van der Waals surface area contributed by atoms with Crippen molar-refractivity contribution in [2.75, 3.05) is 18.0 Å². The van der Waals surface area contributed by atoms with E-state index in [0.29, 0.717) is 18.3 Å². The van der Waals surface area contributed by atoms with E-state index in [1.807, 2.05) is 29.6 Å². The fourth-order valence-corrected chi connectivity index (χ4v) is 2.56. The largest absolute Gasteiger partial charge is 0.355 e. The van der Waals surface area contributed by atoms with Crippen molar-refractivity contribution in [2.45, 2.75) is 39.2 Å². The molecule has 0 aromatic carbocycles. The predicted octanol–water partition coefficient (Wildman–Crippen LogP) is 3.19. The van der Waals surface area contributed by atoms with Crippen molar-refractivity contribution in [1.82, 2.24) is 14.8 Å². The Morgan fingerprint density at radius 2 is 2.10 bits per heavy atom. The Balaban J connectivity index is 1.74. The monoisotopic (exact) mass is 288 g/mol. The van der Waals surface area contributed by atoms with Crippen molar-refractivity contribution in [3.8, 4) is 0 Å². The second kappa shape index (κ2) is 5.84. The molecule has 4 nitrogen and oxygen atoms in total. The summed E-state index contributed by atoms with van der Waals surface area (Å²) < 4.78 is 16.0. The average molecular weight is 288 g/mol. The summed E-state index contributed by atoms with van der Waals surface area (Å²) in [6.45, 7) is 6.08. The Bertz CT molecular complexity index is 614. The maximum atomic E-state index is 14.2. The first-order valence-electron chi connectivity index (χ1n) is 7.64. The number of rotatable bonds is 6. The van der Waals surface area contributed by atoms with Gasteiger partial charge in [-0.15, -0.1) is 0 Å². The van der Waals surface area contributed by atoms with E-state index in [4.69, 9.17) is 0 Å². The Morgan fingerprint density at radius 3 is 2.71 bits per heavy atom. The highest BCUT2D eigenvalue weighted by Crippen LogP contribution is 2.38. The molecule has 0 radical (unpaired) electrons. The molecule has 112 valence electrons. The van der Waals surface area contributed by atoms with E-state index in [-0.39, 0.29) is 5.82 Å². The number of aromatic nitrogens is 3. The summed E-state index contributed by atoms with van der Waals surface area (Å²) >= 11 is 0. The molecule has 5 heteroatoms. The lowest BCUT2D eigenvalue weighted by molar-refractivity contribution is 0.602. The van der Waals surface area contributed by atoms with Gasteiger partial charge in [-0.25, -0.2) is 9.37 Å². The standard InChI is InChI=1S/C16H21FN4/c1-3-20(4-2)16-14(17)9-12(10-18-16)11-21-8-7-15(19-21)13-5-6-13/h7-10,13H,3-6,11H2,1-2H3. The van der Waals surface area contributed by atoms with E-state index in [0.717, 1.165) is 24.3 Å². The van der Waals surface area contributed by atoms with Gasteiger partial charge in [0.15, 0.2) is 11.6 Å². The van der Waals surface area contributed by atoms with Gasteiger partial charge < -0.3 is 4.90 Å². The zero-order valence-corrected chi connectivity index (χ0v) is 12.6. The van der Waals surface area contributed by atoms with Crippen LogP contribution >= 0.6 is 0 Å². The van der Waals surface area contributed by atoms with Gasteiger partial charge in [0.2, 0.25) is 0 Å². The van der Waals surface area contributed by atoms with Gasteiger partial charge >= 0.3 is 0 Å². The highest BCUT2D eigenvalue weighted by molar-refractivity contribution is 5.40. The Kier molecular flexibility index (Phi) is 3.90. The van der Waals surface area contributed by atoms with E-state index < -0.39 is 0 Å². The molecule has 0 bridgehead atoms. The van der Waals surface area contributed by atoms with Crippen molar-refractivity contribution >= 4 is 5.82 Å². The second-order valence-electron chi connectivity index (χ2n) is 5.53. The van der Waals surface area contributed by atoms with Crippen LogP contribution in [0.15, 0.2) is 24.5 Å². The molecule has 1 aliphatic carbocycles. The van der Waals surface area contributed by atoms with Crippen LogP contribution in [0.4, 0.5) is 10.2 Å². The zero-order chi connectivity index (χ0) is 14.8. The number of hydrogen-bond donors (Lipinski definition) is 0. The van der Waals surface area contributed by atoms with Crippen LogP contribution in [-0.2, 0) is 6.54 Å². The SMILES string of the molecule is CCN(CC)c1ncc(Cn2ccc(C3CC3)n2)cc1F. The number of pyridine rings is 1. The van der Waals surface area contributed by atoms with Crippen LogP contribution in [0.5, 0.6) is 0 Å². The van der Waals surface area contributed by atoms with Gasteiger partial charge in [-0.05, 0) is 44.4 Å². The minimum Gasteiger partial charge on any atom is -0.355 e. The number of hydrogen-bond acceptors (Lipinski definition) is 3. The van der Waals surface area contributed by atoms with Crippen LogP contribution in [0.3, 0.4) is 0 Å². The first-order chi connectivity index (χ1) is 10.2. The molecule has 1 saturated carbocycles. The van der Waals surface area contributed by atoms with Crippen molar-refractivity contribution in [1.29, 1.82) is 0 Å². The van der Waals surface area contributed by atoms with Gasteiger partial charge in [-0.2, -0.15) is 5.10 Å². The van der Waals surface area contributed by atoms with Crippen LogP contribution in [0.1, 0.15) is 43.9 Å². The first kappa shape index (κ1) is 14.0. The minimum absolute atomic E-state index is 0.259. The molecule has 0 amide bonds. The van der Waals surface area contributed by atoms with Crippen molar-refractivity contribution in [3.05, 3.63) is 41.6 Å². The molecule has 0 atom stereocenters. The molecule has 2 aromatic rings. The number of halogens is 1. The number of nitrogens with zero attached hydrogens (tertiary/aromatic N) is 4. The van der Waals surface area contributed by atoms with Crippen LogP contribution in [0, 0.1) is 5.82 Å². The summed E-state index contributed by atoms with van der Waals surface area (Å²) in [5.74, 6) is 0.819. The zero-order valence-electron chi connectivity index (χ0n) is 12.6. The average Bonchev–Trinajstić information content (AvgIpc) is 3.23. The van der Waals surface area contributed by atoms with Crippen LogP contribution in [-0.4, -0.2) is 27.9 Å². The van der Waals surface area contributed by atoms with Crippen LogP contribution < -0.4 is 4.90 Å². The van der Waals surface area contributed by atoms with E-state index in [9.17, 15) is 4.39 Å². The van der Waals surface area contributed by atoms with Gasteiger partial charge in [0.1, 0.15) is 0 Å². The third-order valence-corrected chi connectivity index (χ3v) is 3.94. The quantitative estimate of drug-likeness (QED) is 0.818. The van der Waals surface area contributed by atoms with Gasteiger partial charge in [-0.3, -0.25) is 4.68 Å². The van der Waals surface area contributed by atoms with Gasteiger partial charge in [0.05, 0.1) is 12.2 Å². The van der Waals surface area contributed by atoms with E-state index in [2.05, 4.69) is 16.1 Å². The maximum absolute atomic E-state index is 14.2. The van der Waals surface area contributed by atoms with Crippen molar-refractivity contribution < 1.29 is 4.39 Å². The van der Waals surface area contributed by atoms with Crippen LogP contribution in [0.2, 0.25) is 0 Å². The van der Waals surface area contributed by atoms with Crippen molar-refractivity contribution in [2.24, 2.45) is 0 Å². The predicted molar refractivity (Wildman–Crippen MR) is 81.1 cm³/mol. The normalized spacial score (nSPS) is 14.4. The molecule has 2 heterocycles. The summed E-state index contributed by atoms with van der Waals surface area (Å²) in [5.41, 5.74) is 2.00. The summed E-state index contributed by atoms with van der Waals surface area (Å²) in [7, 11) is 0. The highest BCUT2D eigenvalue weighted by atomic mass is 19.1. The molecule has 1 fully saturated rings. The van der Waals surface area contributed by atoms with Gasteiger partial charge in [0, 0.05) is 31.4 Å². The second-order valence-corrected chi connectivity index (χ2v) is 5.53. The topological polar surface area (TPSA) is 34.0 Å². The first-order valence-corrected chi connectivity index (χ1v) is 7.64. The molecule has 2 aromatic heterocycles. The molecular formula is C16H21FN4. The minimum atomic E-state index is -0.259. The van der Waals surface area contributed by atoms with E-state index in [1.165, 1.54) is 12.8 Å². The summed E-state index contributed by atoms with van der Waals surface area (Å²) in [6.07, 6.45) is 6.19. The molecule has 1 aliphatic rings. The van der Waals surface area contributed by atoms with E-state index in [1.54, 1.807) is 12.3 Å². The summed E-state index contributed by atoms with van der Waals surface area (Å²) in [4.78, 5) is 6.20. The molecular weight excluding hydrogens is 267 g/mol. The molecule has 3 rings (SSSR count). The smallest absolute Gasteiger partial charge is 0.166 e. The fourth-order valence-electron chi connectivity index (χ4n) is 2.56. The lowest BCUT2D eigenvalue weighted by atomic mass is 10.2. The summed E-state index contributed by atoms with van der Waals surface area (Å²) in [6, 6.07) is 3.63. The third kappa shape index (κ3) is 3.06. The van der Waals surface area contributed by atoms with Crippen LogP contribution in [0.25, 0.3) is 0 Å². The lowest BCUT2D eigenvalue weighted by Crippen LogP contribution is -2.24. The number of anilines is 1. The molecule has 0 aliphatic heterocycles. The highest BCUT2D eigenvalue weighted by Gasteiger charge is 2.25. The molecule has 21 heavy (non-hydrogen) atoms. The Hall–Kier alpha value is -1.91. The molecule has 0 N–H and O–H groups in total. The van der Waals surface area contributed by atoms with Gasteiger partial charge in [0.25, 0.3) is 0 Å². The van der Waals surface area contributed by atoms with Gasteiger partial charge in [-0.1, -0.05) is 0 Å². The van der Waals surface area contributed by atoms with E-state index >= 15 is 0 Å². The molecule has 0 spiro atoms. The summed E-state index contributed by atoms with van der Waals surface area (Å²) in [5, 5.41) is 4.54. The maximum Gasteiger partial charge on any atom is 0.166 e. The Labute approximate surface area is 124 Å². The van der Waals surface area contributed by atoms with Crippen molar-refractivity contribution in [3.63, 3.8) is 0 Å². The third-order valence-electron chi connectivity index (χ3n) is 3.94. The lowest BCUT2D eigenvalue weighted by Gasteiger charge is -2.20. The molecule has 0 saturated heterocycles. The molecule has 0 unspecified atom stereocenters. The fraction of sp³-hybridized carbons (Fsp3) is 0.500.